The van der Waals surface area contributed by atoms with Crippen LogP contribution in [0.25, 0.3) is 11.0 Å². The van der Waals surface area contributed by atoms with E-state index in [2.05, 4.69) is 15.3 Å². The minimum absolute atomic E-state index is 0.108. The average molecular weight is 436 g/mol. The molecule has 3 rings (SSSR count). The van der Waals surface area contributed by atoms with Crippen LogP contribution < -0.4 is 15.6 Å². The highest BCUT2D eigenvalue weighted by Gasteiger charge is 2.17. The van der Waals surface area contributed by atoms with Gasteiger partial charge in [-0.1, -0.05) is 0 Å². The highest BCUT2D eigenvalue weighted by atomic mass is 19.1. The van der Waals surface area contributed by atoms with Gasteiger partial charge in [0.1, 0.15) is 11.5 Å². The van der Waals surface area contributed by atoms with Crippen LogP contribution in [0.15, 0.2) is 35.3 Å². The minimum Gasteiger partial charge on any atom is -0.448 e. The lowest BCUT2D eigenvalue weighted by molar-refractivity contribution is 0.173. The lowest BCUT2D eigenvalue weighted by Crippen LogP contribution is -2.28. The molecule has 9 nitrogen and oxygen atoms in total. The Hall–Kier alpha value is -3.15. The molecule has 0 saturated heterocycles. The first-order valence-corrected chi connectivity index (χ1v) is 9.52. The highest BCUT2D eigenvalue weighted by Crippen LogP contribution is 2.25. The van der Waals surface area contributed by atoms with Crippen LogP contribution in [0.4, 0.5) is 14.7 Å². The summed E-state index contributed by atoms with van der Waals surface area (Å²) in [5.41, 5.74) is -0.508. The number of aliphatic hydroxyl groups excluding tert-OH is 3. The third kappa shape index (κ3) is 5.32. The lowest BCUT2D eigenvalue weighted by Gasteiger charge is -2.17. The second-order valence-electron chi connectivity index (χ2n) is 6.96. The van der Waals surface area contributed by atoms with Crippen LogP contribution in [0.3, 0.4) is 0 Å². The standard InChI is InChI=1S/C20H22F2N4O5/c1-11(29)9-26-18-12(8-23-20(25-18)24-14(10-28)4-5-27)6-17(19(26)30)31-16-3-2-13(21)7-15(16)22/h2-3,6-8,11,14,27-29H,4-5,9-10H2,1H3,(H,23,24,25)/t11-,14-/m0/s1. The van der Waals surface area contributed by atoms with Gasteiger partial charge in [-0.2, -0.15) is 4.98 Å². The highest BCUT2D eigenvalue weighted by molar-refractivity contribution is 5.77. The summed E-state index contributed by atoms with van der Waals surface area (Å²) in [6, 6.07) is 3.52. The summed E-state index contributed by atoms with van der Waals surface area (Å²) in [5.74, 6) is -2.24. The number of nitrogens with zero attached hydrogens (tertiary/aromatic N) is 3. The first kappa shape index (κ1) is 22.5. The number of ether oxygens (including phenoxy) is 1. The summed E-state index contributed by atoms with van der Waals surface area (Å²) in [7, 11) is 0. The Labute approximate surface area is 175 Å². The van der Waals surface area contributed by atoms with Gasteiger partial charge in [0, 0.05) is 24.3 Å². The Morgan fingerprint density at radius 1 is 1.23 bits per heavy atom. The van der Waals surface area contributed by atoms with Crippen molar-refractivity contribution in [3.63, 3.8) is 0 Å². The van der Waals surface area contributed by atoms with Crippen molar-refractivity contribution >= 4 is 17.0 Å². The Morgan fingerprint density at radius 2 is 2.00 bits per heavy atom. The Balaban J connectivity index is 2.06. The Morgan fingerprint density at radius 3 is 2.65 bits per heavy atom. The number of anilines is 1. The van der Waals surface area contributed by atoms with Gasteiger partial charge in [-0.3, -0.25) is 9.36 Å². The number of aliphatic hydroxyl groups is 3. The summed E-state index contributed by atoms with van der Waals surface area (Å²) >= 11 is 0. The number of pyridine rings is 1. The second kappa shape index (κ2) is 9.77. The zero-order valence-electron chi connectivity index (χ0n) is 16.6. The number of fused-ring (bicyclic) bond motifs is 1. The van der Waals surface area contributed by atoms with Crippen LogP contribution in [-0.2, 0) is 6.54 Å². The summed E-state index contributed by atoms with van der Waals surface area (Å²) in [4.78, 5) is 21.4. The SMILES string of the molecule is C[C@H](O)Cn1c(=O)c(Oc2ccc(F)cc2F)cc2cnc(N[C@H](CO)CCO)nc21. The first-order valence-electron chi connectivity index (χ1n) is 9.52. The molecule has 2 heterocycles. The fraction of sp³-hybridized carbons (Fsp3) is 0.350. The molecule has 31 heavy (non-hydrogen) atoms. The first-order chi connectivity index (χ1) is 14.8. The molecule has 2 atom stereocenters. The zero-order valence-corrected chi connectivity index (χ0v) is 16.6. The Bertz CT molecular complexity index is 1120. The smallest absolute Gasteiger partial charge is 0.295 e. The normalized spacial score (nSPS) is 13.2. The number of nitrogens with one attached hydrogen (secondary N) is 1. The third-order valence-electron chi connectivity index (χ3n) is 4.39. The maximum Gasteiger partial charge on any atom is 0.295 e. The van der Waals surface area contributed by atoms with E-state index in [0.717, 1.165) is 16.7 Å². The topological polar surface area (TPSA) is 130 Å². The fourth-order valence-electron chi connectivity index (χ4n) is 2.93. The fourth-order valence-corrected chi connectivity index (χ4v) is 2.93. The van der Waals surface area contributed by atoms with E-state index >= 15 is 0 Å². The second-order valence-corrected chi connectivity index (χ2v) is 6.96. The van der Waals surface area contributed by atoms with Crippen molar-refractivity contribution in [2.75, 3.05) is 18.5 Å². The van der Waals surface area contributed by atoms with Crippen molar-refractivity contribution < 1.29 is 28.8 Å². The average Bonchev–Trinajstić information content (AvgIpc) is 2.72. The molecular weight excluding hydrogens is 414 g/mol. The van der Waals surface area contributed by atoms with Crippen LogP contribution in [-0.4, -0.2) is 55.2 Å². The van der Waals surface area contributed by atoms with Crippen LogP contribution in [0.5, 0.6) is 11.5 Å². The number of aromatic nitrogens is 3. The van der Waals surface area contributed by atoms with E-state index in [9.17, 15) is 23.8 Å². The van der Waals surface area contributed by atoms with Gasteiger partial charge in [0.25, 0.3) is 5.56 Å². The van der Waals surface area contributed by atoms with Crippen molar-refractivity contribution in [3.8, 4) is 11.5 Å². The molecule has 0 unspecified atom stereocenters. The molecule has 0 aliphatic rings. The van der Waals surface area contributed by atoms with Gasteiger partial charge in [0.2, 0.25) is 5.95 Å². The van der Waals surface area contributed by atoms with E-state index in [1.54, 1.807) is 0 Å². The maximum atomic E-state index is 14.0. The summed E-state index contributed by atoms with van der Waals surface area (Å²) in [6.45, 7) is 0.932. The third-order valence-corrected chi connectivity index (χ3v) is 4.39. The minimum atomic E-state index is -0.976. The molecule has 0 fully saturated rings. The molecule has 4 N–H and O–H groups in total. The molecule has 0 saturated carbocycles. The van der Waals surface area contributed by atoms with Gasteiger partial charge >= 0.3 is 0 Å². The molecular formula is C20H22F2N4O5. The van der Waals surface area contributed by atoms with Gasteiger partial charge in [0.05, 0.1) is 25.3 Å². The van der Waals surface area contributed by atoms with Crippen LogP contribution in [0, 0.1) is 11.6 Å². The molecule has 11 heteroatoms. The van der Waals surface area contributed by atoms with Crippen molar-refractivity contribution in [3.05, 3.63) is 52.5 Å². The molecule has 166 valence electrons. The van der Waals surface area contributed by atoms with Crippen LogP contribution in [0.1, 0.15) is 13.3 Å². The number of hydrogen-bond donors (Lipinski definition) is 4. The van der Waals surface area contributed by atoms with Gasteiger partial charge in [-0.05, 0) is 31.5 Å². The predicted molar refractivity (Wildman–Crippen MR) is 108 cm³/mol. The van der Waals surface area contributed by atoms with E-state index in [-0.39, 0.29) is 49.3 Å². The molecule has 0 aliphatic heterocycles. The molecule has 0 amide bonds. The number of rotatable bonds is 9. The van der Waals surface area contributed by atoms with Gasteiger partial charge in [0.15, 0.2) is 17.3 Å². The molecule has 0 bridgehead atoms. The predicted octanol–water partition coefficient (Wildman–Crippen LogP) is 1.40. The van der Waals surface area contributed by atoms with E-state index in [1.165, 1.54) is 19.2 Å². The van der Waals surface area contributed by atoms with E-state index in [4.69, 9.17) is 9.84 Å². The largest absolute Gasteiger partial charge is 0.448 e. The quantitative estimate of drug-likeness (QED) is 0.396. The van der Waals surface area contributed by atoms with Gasteiger partial charge in [-0.25, -0.2) is 13.8 Å². The molecule has 1 aromatic carbocycles. The van der Waals surface area contributed by atoms with E-state index in [0.29, 0.717) is 11.5 Å². The van der Waals surface area contributed by atoms with Gasteiger partial charge < -0.3 is 25.4 Å². The maximum absolute atomic E-state index is 14.0. The summed E-state index contributed by atoms with van der Waals surface area (Å²) < 4.78 is 33.7. The van der Waals surface area contributed by atoms with Crippen molar-refractivity contribution in [2.45, 2.75) is 32.0 Å². The van der Waals surface area contributed by atoms with Crippen LogP contribution >= 0.6 is 0 Å². The monoisotopic (exact) mass is 436 g/mol. The summed E-state index contributed by atoms with van der Waals surface area (Å²) in [6.07, 6.45) is 0.739. The van der Waals surface area contributed by atoms with E-state index in [1.807, 2.05) is 0 Å². The lowest BCUT2D eigenvalue weighted by atomic mass is 10.2. The molecule has 0 radical (unpaired) electrons. The number of hydrogen-bond acceptors (Lipinski definition) is 8. The molecule has 2 aromatic heterocycles. The number of benzene rings is 1. The zero-order chi connectivity index (χ0) is 22.5. The van der Waals surface area contributed by atoms with Crippen LogP contribution in [0.2, 0.25) is 0 Å². The van der Waals surface area contributed by atoms with Crippen molar-refractivity contribution in [2.24, 2.45) is 0 Å². The van der Waals surface area contributed by atoms with Crippen molar-refractivity contribution in [1.82, 2.24) is 14.5 Å². The Kier molecular flexibility index (Phi) is 7.10. The molecule has 3 aromatic rings. The molecule has 0 spiro atoms. The molecule has 0 aliphatic carbocycles. The van der Waals surface area contributed by atoms with Crippen molar-refractivity contribution in [1.29, 1.82) is 0 Å². The van der Waals surface area contributed by atoms with E-state index < -0.39 is 29.3 Å². The summed E-state index contributed by atoms with van der Waals surface area (Å²) in [5, 5.41) is 31.5. The number of halogens is 2. The van der Waals surface area contributed by atoms with Gasteiger partial charge in [-0.15, -0.1) is 0 Å².